The molecule has 26 heavy (non-hydrogen) atoms. The molecule has 2 aromatic rings. The molecule has 2 aromatic carbocycles. The molecule has 136 valence electrons. The van der Waals surface area contributed by atoms with Gasteiger partial charge in [-0.2, -0.15) is 0 Å². The lowest BCUT2D eigenvalue weighted by molar-refractivity contribution is -0.136. The number of hydrogen-bond acceptors (Lipinski definition) is 4. The van der Waals surface area contributed by atoms with Crippen LogP contribution in [0.3, 0.4) is 0 Å². The van der Waals surface area contributed by atoms with Gasteiger partial charge in [-0.3, -0.25) is 4.79 Å². The minimum Gasteiger partial charge on any atom is -0.502 e. The van der Waals surface area contributed by atoms with Gasteiger partial charge in [-0.1, -0.05) is 30.3 Å². The lowest BCUT2D eigenvalue weighted by Crippen LogP contribution is -2.25. The summed E-state index contributed by atoms with van der Waals surface area (Å²) in [5, 5.41) is 17.8. The fourth-order valence-corrected chi connectivity index (χ4v) is 2.14. The Morgan fingerprint density at radius 2 is 1.77 bits per heavy atom. The van der Waals surface area contributed by atoms with Gasteiger partial charge in [0.25, 0.3) is 5.91 Å². The van der Waals surface area contributed by atoms with Crippen molar-refractivity contribution in [3.8, 4) is 5.75 Å². The Morgan fingerprint density at radius 1 is 1.12 bits per heavy atom. The van der Waals surface area contributed by atoms with Crippen molar-refractivity contribution in [1.82, 2.24) is 4.90 Å². The normalized spacial score (nSPS) is 11.1. The predicted molar refractivity (Wildman–Crippen MR) is 92.0 cm³/mol. The standard InChI is InChI=1S/C19H18FNO5/c1-21(18(23)10-16(22)19(24)25)11-14-4-2-3-5-17(14)26-12-13-6-8-15(20)9-7-13/h2-10,22H,11-12H2,1H3,(H,24,25). The van der Waals surface area contributed by atoms with Crippen LogP contribution < -0.4 is 4.74 Å². The number of carboxylic acids is 1. The van der Waals surface area contributed by atoms with E-state index < -0.39 is 17.6 Å². The number of nitrogens with zero attached hydrogens (tertiary/aromatic N) is 1. The summed E-state index contributed by atoms with van der Waals surface area (Å²) in [6, 6.07) is 13.0. The number of halogens is 1. The van der Waals surface area contributed by atoms with Crippen LogP contribution in [-0.4, -0.2) is 34.0 Å². The molecule has 0 aliphatic carbocycles. The van der Waals surface area contributed by atoms with Gasteiger partial charge in [-0.25, -0.2) is 9.18 Å². The van der Waals surface area contributed by atoms with Crippen molar-refractivity contribution in [2.75, 3.05) is 7.05 Å². The van der Waals surface area contributed by atoms with E-state index in [1.807, 2.05) is 0 Å². The molecule has 2 rings (SSSR count). The maximum Gasteiger partial charge on any atom is 0.371 e. The van der Waals surface area contributed by atoms with Gasteiger partial charge in [0, 0.05) is 19.2 Å². The molecular weight excluding hydrogens is 341 g/mol. The Labute approximate surface area is 149 Å². The summed E-state index contributed by atoms with van der Waals surface area (Å²) in [5.41, 5.74) is 1.49. The second-order valence-corrected chi connectivity index (χ2v) is 5.55. The molecule has 0 fully saturated rings. The summed E-state index contributed by atoms with van der Waals surface area (Å²) in [6.07, 6.45) is 0.643. The molecule has 6 nitrogen and oxygen atoms in total. The zero-order valence-corrected chi connectivity index (χ0v) is 14.1. The average molecular weight is 359 g/mol. The molecule has 2 N–H and O–H groups in total. The zero-order valence-electron chi connectivity index (χ0n) is 14.1. The molecule has 0 aliphatic rings. The van der Waals surface area contributed by atoms with Crippen LogP contribution >= 0.6 is 0 Å². The van der Waals surface area contributed by atoms with Gasteiger partial charge in [0.1, 0.15) is 18.2 Å². The van der Waals surface area contributed by atoms with E-state index in [0.29, 0.717) is 17.4 Å². The average Bonchev–Trinajstić information content (AvgIpc) is 2.62. The minimum absolute atomic E-state index is 0.155. The highest BCUT2D eigenvalue weighted by Crippen LogP contribution is 2.21. The maximum absolute atomic E-state index is 12.9. The number of amides is 1. The lowest BCUT2D eigenvalue weighted by Gasteiger charge is -2.18. The minimum atomic E-state index is -1.57. The van der Waals surface area contributed by atoms with Crippen molar-refractivity contribution >= 4 is 11.9 Å². The molecule has 1 amide bonds. The molecule has 0 radical (unpaired) electrons. The quantitative estimate of drug-likeness (QED) is 0.586. The monoisotopic (exact) mass is 359 g/mol. The highest BCUT2D eigenvalue weighted by atomic mass is 19.1. The molecule has 0 bridgehead atoms. The molecule has 0 atom stereocenters. The first-order valence-electron chi connectivity index (χ1n) is 7.71. The number of carboxylic acid groups (broad SMARTS) is 1. The SMILES string of the molecule is CN(Cc1ccccc1OCc1ccc(F)cc1)C(=O)C=C(O)C(=O)O. The van der Waals surface area contributed by atoms with Gasteiger partial charge < -0.3 is 19.8 Å². The van der Waals surface area contributed by atoms with E-state index in [1.54, 1.807) is 36.4 Å². The number of ether oxygens (including phenoxy) is 1. The second-order valence-electron chi connectivity index (χ2n) is 5.55. The second kappa shape index (κ2) is 8.66. The summed E-state index contributed by atoms with van der Waals surface area (Å²) in [4.78, 5) is 23.8. The van der Waals surface area contributed by atoms with E-state index in [2.05, 4.69) is 0 Å². The first-order chi connectivity index (χ1) is 12.4. The molecule has 0 aromatic heterocycles. The lowest BCUT2D eigenvalue weighted by atomic mass is 10.2. The summed E-state index contributed by atoms with van der Waals surface area (Å²) in [5.74, 6) is -3.04. The van der Waals surface area contributed by atoms with Gasteiger partial charge in [0.15, 0.2) is 0 Å². The van der Waals surface area contributed by atoms with E-state index >= 15 is 0 Å². The summed E-state index contributed by atoms with van der Waals surface area (Å²) in [6.45, 7) is 0.385. The number of rotatable bonds is 7. The number of aliphatic carboxylic acids is 1. The Kier molecular flexibility index (Phi) is 6.32. The Bertz CT molecular complexity index is 817. The molecule has 7 heteroatoms. The maximum atomic E-state index is 12.9. The van der Waals surface area contributed by atoms with Gasteiger partial charge >= 0.3 is 5.97 Å². The van der Waals surface area contributed by atoms with Crippen LogP contribution in [0.25, 0.3) is 0 Å². The zero-order chi connectivity index (χ0) is 19.1. The largest absolute Gasteiger partial charge is 0.502 e. The number of aliphatic hydroxyl groups is 1. The molecule has 0 heterocycles. The van der Waals surface area contributed by atoms with Crippen molar-refractivity contribution in [2.45, 2.75) is 13.2 Å². The van der Waals surface area contributed by atoms with E-state index in [9.17, 15) is 14.0 Å². The fourth-order valence-electron chi connectivity index (χ4n) is 2.14. The smallest absolute Gasteiger partial charge is 0.371 e. The van der Waals surface area contributed by atoms with Crippen LogP contribution in [-0.2, 0) is 22.7 Å². The first-order valence-corrected chi connectivity index (χ1v) is 7.71. The van der Waals surface area contributed by atoms with Crippen LogP contribution in [0.15, 0.2) is 60.4 Å². The predicted octanol–water partition coefficient (Wildman–Crippen LogP) is 2.89. The first kappa shape index (κ1) is 19.0. The van der Waals surface area contributed by atoms with Crippen molar-refractivity contribution in [2.24, 2.45) is 0 Å². The van der Waals surface area contributed by atoms with Gasteiger partial charge in [0.2, 0.25) is 5.76 Å². The Morgan fingerprint density at radius 3 is 2.42 bits per heavy atom. The summed E-state index contributed by atoms with van der Waals surface area (Å²) in [7, 11) is 1.48. The van der Waals surface area contributed by atoms with Crippen LogP contribution in [0.5, 0.6) is 5.75 Å². The van der Waals surface area contributed by atoms with E-state index in [1.165, 1.54) is 24.1 Å². The molecule has 0 saturated heterocycles. The molecule has 0 spiro atoms. The van der Waals surface area contributed by atoms with Gasteiger partial charge in [0.05, 0.1) is 6.08 Å². The number of hydrogen-bond donors (Lipinski definition) is 2. The van der Waals surface area contributed by atoms with Crippen molar-refractivity contribution in [1.29, 1.82) is 0 Å². The molecule has 0 unspecified atom stereocenters. The summed E-state index contributed by atoms with van der Waals surface area (Å²) >= 11 is 0. The molecule has 0 aliphatic heterocycles. The van der Waals surface area contributed by atoms with Crippen molar-refractivity contribution in [3.05, 3.63) is 77.3 Å². The third kappa shape index (κ3) is 5.34. The van der Waals surface area contributed by atoms with Crippen molar-refractivity contribution < 1.29 is 28.9 Å². The van der Waals surface area contributed by atoms with Crippen molar-refractivity contribution in [3.63, 3.8) is 0 Å². The molecular formula is C19H18FNO5. The topological polar surface area (TPSA) is 87.1 Å². The summed E-state index contributed by atoms with van der Waals surface area (Å²) < 4.78 is 18.7. The van der Waals surface area contributed by atoms with Crippen LogP contribution in [0.2, 0.25) is 0 Å². The van der Waals surface area contributed by atoms with E-state index in [0.717, 1.165) is 5.56 Å². The number of para-hydroxylation sites is 1. The van der Waals surface area contributed by atoms with Crippen LogP contribution in [0.4, 0.5) is 4.39 Å². The highest BCUT2D eigenvalue weighted by Gasteiger charge is 2.13. The Hall–Kier alpha value is -3.35. The molecule has 0 saturated carbocycles. The van der Waals surface area contributed by atoms with Crippen LogP contribution in [0.1, 0.15) is 11.1 Å². The number of likely N-dealkylation sites (N-methyl/N-ethyl adjacent to an activating group) is 1. The van der Waals surface area contributed by atoms with E-state index in [-0.39, 0.29) is 19.0 Å². The third-order valence-electron chi connectivity index (χ3n) is 3.54. The van der Waals surface area contributed by atoms with Crippen LogP contribution in [0, 0.1) is 5.82 Å². The third-order valence-corrected chi connectivity index (χ3v) is 3.54. The van der Waals surface area contributed by atoms with Gasteiger partial charge in [-0.05, 0) is 23.8 Å². The number of benzene rings is 2. The number of aliphatic hydroxyl groups excluding tert-OH is 1. The fraction of sp³-hybridized carbons (Fsp3) is 0.158. The highest BCUT2D eigenvalue weighted by molar-refractivity contribution is 5.95. The Balaban J connectivity index is 2.06. The van der Waals surface area contributed by atoms with Gasteiger partial charge in [-0.15, -0.1) is 0 Å². The number of carbonyl (C=O) groups excluding carboxylic acids is 1. The van der Waals surface area contributed by atoms with E-state index in [4.69, 9.17) is 14.9 Å². The number of carbonyl (C=O) groups is 2.